The molecular formula is C16H29IN6O2. The Morgan fingerprint density at radius 2 is 2.16 bits per heavy atom. The number of morpholine rings is 1. The van der Waals surface area contributed by atoms with E-state index in [4.69, 9.17) is 14.5 Å². The van der Waals surface area contributed by atoms with Gasteiger partial charge in [-0.15, -0.1) is 34.2 Å². The molecule has 8 nitrogen and oxygen atoms in total. The lowest BCUT2D eigenvalue weighted by Crippen LogP contribution is -2.53. The normalized spacial score (nSPS) is 24.2. The molecule has 0 saturated carbocycles. The van der Waals surface area contributed by atoms with Crippen molar-refractivity contribution in [3.8, 4) is 0 Å². The number of halogens is 1. The van der Waals surface area contributed by atoms with Crippen molar-refractivity contribution in [3.63, 3.8) is 0 Å². The first-order valence-corrected chi connectivity index (χ1v) is 8.95. The zero-order chi connectivity index (χ0) is 16.8. The average Bonchev–Trinajstić information content (AvgIpc) is 3.30. The van der Waals surface area contributed by atoms with E-state index in [2.05, 4.69) is 34.3 Å². The number of aromatic nitrogens is 3. The van der Waals surface area contributed by atoms with Gasteiger partial charge in [-0.1, -0.05) is 0 Å². The number of aryl methyl sites for hydroxylation is 1. The number of hydrogen-bond acceptors (Lipinski definition) is 5. The zero-order valence-electron chi connectivity index (χ0n) is 15.1. The molecule has 2 aliphatic heterocycles. The summed E-state index contributed by atoms with van der Waals surface area (Å²) in [7, 11) is 0. The van der Waals surface area contributed by atoms with Gasteiger partial charge in [-0.25, -0.2) is 4.99 Å². The lowest BCUT2D eigenvalue weighted by molar-refractivity contribution is -0.0817. The Kier molecular flexibility index (Phi) is 8.37. The van der Waals surface area contributed by atoms with E-state index in [1.54, 1.807) is 6.33 Å². The molecular weight excluding hydrogens is 435 g/mol. The second-order valence-corrected chi connectivity index (χ2v) is 6.11. The lowest BCUT2D eigenvalue weighted by atomic mass is 10.1. The highest BCUT2D eigenvalue weighted by molar-refractivity contribution is 14.0. The molecule has 0 aliphatic carbocycles. The number of nitrogens with one attached hydrogen (secondary N) is 1. The van der Waals surface area contributed by atoms with Gasteiger partial charge in [0.15, 0.2) is 11.8 Å². The van der Waals surface area contributed by atoms with Crippen molar-refractivity contribution in [2.45, 2.75) is 52.0 Å². The topological polar surface area (TPSA) is 76.8 Å². The van der Waals surface area contributed by atoms with Gasteiger partial charge in [0.1, 0.15) is 19.0 Å². The molecule has 3 rings (SSSR count). The van der Waals surface area contributed by atoms with Crippen molar-refractivity contribution in [2.75, 3.05) is 32.8 Å². The molecule has 25 heavy (non-hydrogen) atoms. The molecule has 2 atom stereocenters. The Morgan fingerprint density at radius 1 is 1.32 bits per heavy atom. The standard InChI is InChI=1S/C16H28N6O2.HI/c1-3-17-16(18-10-15-20-19-12-21(15)4-2)22-7-9-24-14(11-22)13-6-5-8-23-13;/h12-14H,3-11H2,1-2H3,(H,17,18);1H. The molecule has 1 N–H and O–H groups in total. The molecule has 0 amide bonds. The fraction of sp³-hybridized carbons (Fsp3) is 0.812. The summed E-state index contributed by atoms with van der Waals surface area (Å²) in [6, 6.07) is 0. The maximum Gasteiger partial charge on any atom is 0.194 e. The predicted molar refractivity (Wildman–Crippen MR) is 106 cm³/mol. The van der Waals surface area contributed by atoms with Crippen LogP contribution in [-0.2, 0) is 22.6 Å². The fourth-order valence-electron chi connectivity index (χ4n) is 3.23. The summed E-state index contributed by atoms with van der Waals surface area (Å²) in [5, 5.41) is 11.5. The molecule has 2 fully saturated rings. The van der Waals surface area contributed by atoms with E-state index >= 15 is 0 Å². The molecule has 0 bridgehead atoms. The Bertz CT molecular complexity index is 546. The number of ether oxygens (including phenoxy) is 2. The Balaban J connectivity index is 0.00000225. The van der Waals surface area contributed by atoms with Crippen LogP contribution in [-0.4, -0.2) is 70.7 Å². The number of guanidine groups is 1. The first-order chi connectivity index (χ1) is 11.8. The summed E-state index contributed by atoms with van der Waals surface area (Å²) in [6.07, 6.45) is 4.32. The molecule has 2 aliphatic rings. The van der Waals surface area contributed by atoms with E-state index in [0.717, 1.165) is 57.4 Å². The van der Waals surface area contributed by atoms with E-state index in [1.165, 1.54) is 0 Å². The van der Waals surface area contributed by atoms with Crippen LogP contribution >= 0.6 is 24.0 Å². The van der Waals surface area contributed by atoms with Gasteiger partial charge in [-0.3, -0.25) is 0 Å². The fourth-order valence-corrected chi connectivity index (χ4v) is 3.23. The number of nitrogens with zero attached hydrogens (tertiary/aromatic N) is 5. The Morgan fingerprint density at radius 3 is 2.88 bits per heavy atom. The van der Waals surface area contributed by atoms with E-state index in [-0.39, 0.29) is 36.2 Å². The summed E-state index contributed by atoms with van der Waals surface area (Å²) in [5.41, 5.74) is 0. The second-order valence-electron chi connectivity index (χ2n) is 6.11. The van der Waals surface area contributed by atoms with Gasteiger partial charge in [0.25, 0.3) is 0 Å². The van der Waals surface area contributed by atoms with Gasteiger partial charge < -0.3 is 24.3 Å². The summed E-state index contributed by atoms with van der Waals surface area (Å²) in [5.74, 6) is 1.80. The minimum Gasteiger partial charge on any atom is -0.375 e. The molecule has 1 aromatic rings. The highest BCUT2D eigenvalue weighted by atomic mass is 127. The minimum atomic E-state index is 0. The second kappa shape index (κ2) is 10.3. The monoisotopic (exact) mass is 464 g/mol. The maximum absolute atomic E-state index is 5.93. The van der Waals surface area contributed by atoms with Crippen LogP contribution in [0.15, 0.2) is 11.3 Å². The van der Waals surface area contributed by atoms with Crippen molar-refractivity contribution < 1.29 is 9.47 Å². The van der Waals surface area contributed by atoms with Crippen LogP contribution in [0.4, 0.5) is 0 Å². The molecule has 2 unspecified atom stereocenters. The van der Waals surface area contributed by atoms with Crippen LogP contribution in [0.5, 0.6) is 0 Å². The summed E-state index contributed by atoms with van der Waals surface area (Å²) in [4.78, 5) is 7.03. The van der Waals surface area contributed by atoms with Crippen molar-refractivity contribution in [1.29, 1.82) is 0 Å². The molecule has 2 saturated heterocycles. The smallest absolute Gasteiger partial charge is 0.194 e. The van der Waals surface area contributed by atoms with Crippen molar-refractivity contribution >= 4 is 29.9 Å². The van der Waals surface area contributed by atoms with Gasteiger partial charge in [0.05, 0.1) is 12.7 Å². The van der Waals surface area contributed by atoms with Crippen LogP contribution in [0.25, 0.3) is 0 Å². The third-order valence-electron chi connectivity index (χ3n) is 4.51. The third-order valence-corrected chi connectivity index (χ3v) is 4.51. The first kappa shape index (κ1) is 20.4. The van der Waals surface area contributed by atoms with Crippen molar-refractivity contribution in [1.82, 2.24) is 25.0 Å². The van der Waals surface area contributed by atoms with Crippen LogP contribution in [0.3, 0.4) is 0 Å². The minimum absolute atomic E-state index is 0. The van der Waals surface area contributed by atoms with Gasteiger partial charge >= 0.3 is 0 Å². The first-order valence-electron chi connectivity index (χ1n) is 8.95. The summed E-state index contributed by atoms with van der Waals surface area (Å²) in [6.45, 7) is 9.60. The molecule has 3 heterocycles. The van der Waals surface area contributed by atoms with Crippen LogP contribution in [0.1, 0.15) is 32.5 Å². The summed E-state index contributed by atoms with van der Waals surface area (Å²) < 4.78 is 13.7. The van der Waals surface area contributed by atoms with Crippen molar-refractivity contribution in [2.24, 2.45) is 4.99 Å². The number of aliphatic imine (C=N–C) groups is 1. The zero-order valence-corrected chi connectivity index (χ0v) is 17.4. The highest BCUT2D eigenvalue weighted by Gasteiger charge is 2.32. The van der Waals surface area contributed by atoms with Gasteiger partial charge in [-0.2, -0.15) is 0 Å². The molecule has 0 spiro atoms. The van der Waals surface area contributed by atoms with Gasteiger partial charge in [0, 0.05) is 32.8 Å². The number of rotatable bonds is 5. The van der Waals surface area contributed by atoms with E-state index in [0.29, 0.717) is 13.2 Å². The molecule has 9 heteroatoms. The van der Waals surface area contributed by atoms with E-state index < -0.39 is 0 Å². The SMILES string of the molecule is CCNC(=NCc1nncn1CC)N1CCOC(C2CCCO2)C1.I. The summed E-state index contributed by atoms with van der Waals surface area (Å²) >= 11 is 0. The number of hydrogen-bond donors (Lipinski definition) is 1. The van der Waals surface area contributed by atoms with Gasteiger partial charge in [0.2, 0.25) is 0 Å². The quantitative estimate of drug-likeness (QED) is 0.402. The largest absolute Gasteiger partial charge is 0.375 e. The Hall–Kier alpha value is -0.940. The average molecular weight is 464 g/mol. The van der Waals surface area contributed by atoms with E-state index in [9.17, 15) is 0 Å². The van der Waals surface area contributed by atoms with Crippen LogP contribution in [0, 0.1) is 0 Å². The van der Waals surface area contributed by atoms with Crippen LogP contribution in [0.2, 0.25) is 0 Å². The highest BCUT2D eigenvalue weighted by Crippen LogP contribution is 2.21. The molecule has 0 radical (unpaired) electrons. The lowest BCUT2D eigenvalue weighted by Gasteiger charge is -2.37. The van der Waals surface area contributed by atoms with Crippen LogP contribution < -0.4 is 5.32 Å². The van der Waals surface area contributed by atoms with E-state index in [1.807, 2.05) is 4.57 Å². The Labute approximate surface area is 166 Å². The predicted octanol–water partition coefficient (Wildman–Crippen LogP) is 1.26. The van der Waals surface area contributed by atoms with Crippen molar-refractivity contribution in [3.05, 3.63) is 12.2 Å². The van der Waals surface area contributed by atoms with Gasteiger partial charge in [-0.05, 0) is 26.7 Å². The molecule has 142 valence electrons. The maximum atomic E-state index is 5.93. The third kappa shape index (κ3) is 5.27. The molecule has 1 aromatic heterocycles. The molecule has 0 aromatic carbocycles.